The fourth-order valence-electron chi connectivity index (χ4n) is 1.99. The third-order valence-electron chi connectivity index (χ3n) is 2.94. The lowest BCUT2D eigenvalue weighted by atomic mass is 9.95. The Kier molecular flexibility index (Phi) is 2.48. The highest BCUT2D eigenvalue weighted by Gasteiger charge is 2.33. The summed E-state index contributed by atoms with van der Waals surface area (Å²) in [6.45, 7) is 0. The van der Waals surface area contributed by atoms with Gasteiger partial charge in [-0.3, -0.25) is 4.79 Å². The fourth-order valence-corrected chi connectivity index (χ4v) is 1.99. The number of hydrogen-bond donors (Lipinski definition) is 1. The number of rotatable bonds is 1. The second-order valence-corrected chi connectivity index (χ2v) is 4.18. The largest absolute Gasteiger partial charge is 0.508 e. The van der Waals surface area contributed by atoms with Crippen molar-refractivity contribution >= 4 is 11.8 Å². The summed E-state index contributed by atoms with van der Waals surface area (Å²) in [5.41, 5.74) is 0.683. The zero-order valence-corrected chi connectivity index (χ0v) is 9.48. The molecule has 4 nitrogen and oxygen atoms in total. The first-order valence-corrected chi connectivity index (χ1v) is 5.67. The molecule has 2 aliphatic rings. The van der Waals surface area contributed by atoms with E-state index >= 15 is 0 Å². The normalized spacial score (nSPS) is 25.3. The summed E-state index contributed by atoms with van der Waals surface area (Å²) in [4.78, 5) is 15.8. The number of carbonyl (C=O) groups is 1. The van der Waals surface area contributed by atoms with E-state index in [9.17, 15) is 9.90 Å². The molecule has 0 radical (unpaired) electrons. The van der Waals surface area contributed by atoms with E-state index < -0.39 is 0 Å². The molecule has 0 aromatic heterocycles. The lowest BCUT2D eigenvalue weighted by Crippen LogP contribution is -2.35. The highest BCUT2D eigenvalue weighted by atomic mass is 16.5. The van der Waals surface area contributed by atoms with Crippen molar-refractivity contribution in [2.75, 3.05) is 0 Å². The minimum absolute atomic E-state index is 0.167. The van der Waals surface area contributed by atoms with Crippen LogP contribution in [0.15, 0.2) is 53.6 Å². The summed E-state index contributed by atoms with van der Waals surface area (Å²) in [6.07, 6.45) is 7.03. The summed E-state index contributed by atoms with van der Waals surface area (Å²) in [5, 5.41) is 9.23. The van der Waals surface area contributed by atoms with Crippen molar-refractivity contribution in [3.63, 3.8) is 0 Å². The van der Waals surface area contributed by atoms with E-state index in [4.69, 9.17) is 4.74 Å². The molecule has 0 saturated carbocycles. The zero-order valence-electron chi connectivity index (χ0n) is 9.48. The molecule has 1 heterocycles. The van der Waals surface area contributed by atoms with Crippen LogP contribution in [0.1, 0.15) is 5.56 Å². The molecular formula is C14H11NO3. The standard InChI is InChI=1S/C14H11NO3/c16-10-7-5-9(6-8-10)14-15-13(17)11-3-1-2-4-12(11)18-14/h1-8,11-12,16H. The molecule has 0 fully saturated rings. The summed E-state index contributed by atoms with van der Waals surface area (Å²) >= 11 is 0. The van der Waals surface area contributed by atoms with Gasteiger partial charge in [0, 0.05) is 5.56 Å². The lowest BCUT2D eigenvalue weighted by Gasteiger charge is -2.27. The molecule has 18 heavy (non-hydrogen) atoms. The summed E-state index contributed by atoms with van der Waals surface area (Å²) < 4.78 is 5.70. The summed E-state index contributed by atoms with van der Waals surface area (Å²) in [5.74, 6) is -0.0492. The summed E-state index contributed by atoms with van der Waals surface area (Å²) in [6, 6.07) is 6.41. The minimum atomic E-state index is -0.323. The average Bonchev–Trinajstić information content (AvgIpc) is 2.39. The first kappa shape index (κ1) is 10.8. The monoisotopic (exact) mass is 241 g/mol. The number of phenols is 1. The van der Waals surface area contributed by atoms with E-state index in [2.05, 4.69) is 4.99 Å². The average molecular weight is 241 g/mol. The molecule has 1 aromatic rings. The van der Waals surface area contributed by atoms with Gasteiger partial charge in [-0.05, 0) is 30.3 Å². The topological polar surface area (TPSA) is 58.9 Å². The number of aliphatic imine (C=N–C) groups is 1. The lowest BCUT2D eigenvalue weighted by molar-refractivity contribution is -0.123. The van der Waals surface area contributed by atoms with Crippen LogP contribution in [0.25, 0.3) is 0 Å². The number of ether oxygens (including phenoxy) is 1. The van der Waals surface area contributed by atoms with Gasteiger partial charge < -0.3 is 9.84 Å². The maximum atomic E-state index is 11.9. The number of carbonyl (C=O) groups excluding carboxylic acids is 1. The number of benzene rings is 1. The molecular weight excluding hydrogens is 230 g/mol. The van der Waals surface area contributed by atoms with Gasteiger partial charge in [-0.15, -0.1) is 0 Å². The predicted molar refractivity (Wildman–Crippen MR) is 66.3 cm³/mol. The van der Waals surface area contributed by atoms with Crippen LogP contribution in [-0.2, 0) is 9.53 Å². The van der Waals surface area contributed by atoms with Gasteiger partial charge in [-0.25, -0.2) is 0 Å². The molecule has 1 aromatic carbocycles. The van der Waals surface area contributed by atoms with Crippen LogP contribution in [0.4, 0.5) is 0 Å². The second-order valence-electron chi connectivity index (χ2n) is 4.18. The van der Waals surface area contributed by atoms with Gasteiger partial charge in [0.15, 0.2) is 0 Å². The molecule has 0 saturated heterocycles. The van der Waals surface area contributed by atoms with Crippen molar-refractivity contribution in [2.45, 2.75) is 6.10 Å². The van der Waals surface area contributed by atoms with Crippen molar-refractivity contribution in [3.8, 4) is 5.75 Å². The van der Waals surface area contributed by atoms with Gasteiger partial charge in [0.1, 0.15) is 11.9 Å². The van der Waals surface area contributed by atoms with Gasteiger partial charge in [-0.1, -0.05) is 18.2 Å². The Hall–Kier alpha value is -2.36. The Labute approximate surface area is 104 Å². The molecule has 1 N–H and O–H groups in total. The highest BCUT2D eigenvalue weighted by molar-refractivity contribution is 6.04. The SMILES string of the molecule is O=C1N=C(c2ccc(O)cc2)OC2C=CC=CC12. The molecule has 1 amide bonds. The fraction of sp³-hybridized carbons (Fsp3) is 0.143. The van der Waals surface area contributed by atoms with Crippen molar-refractivity contribution < 1.29 is 14.6 Å². The first-order valence-electron chi connectivity index (χ1n) is 5.67. The van der Waals surface area contributed by atoms with Crippen molar-refractivity contribution in [1.82, 2.24) is 0 Å². The van der Waals surface area contributed by atoms with Crippen molar-refractivity contribution in [3.05, 3.63) is 54.1 Å². The Morgan fingerprint density at radius 2 is 1.83 bits per heavy atom. The Balaban J connectivity index is 1.94. The van der Waals surface area contributed by atoms with E-state index in [1.54, 1.807) is 18.2 Å². The highest BCUT2D eigenvalue weighted by Crippen LogP contribution is 2.24. The van der Waals surface area contributed by atoms with Crippen molar-refractivity contribution in [1.29, 1.82) is 0 Å². The molecule has 3 rings (SSSR count). The number of phenolic OH excluding ortho intramolecular Hbond substituents is 1. The molecule has 0 bridgehead atoms. The van der Waals surface area contributed by atoms with Gasteiger partial charge in [0.05, 0.1) is 5.92 Å². The molecule has 0 spiro atoms. The van der Waals surface area contributed by atoms with Crippen LogP contribution >= 0.6 is 0 Å². The van der Waals surface area contributed by atoms with Crippen LogP contribution in [0.3, 0.4) is 0 Å². The quantitative estimate of drug-likeness (QED) is 0.815. The van der Waals surface area contributed by atoms with Crippen LogP contribution in [-0.4, -0.2) is 23.0 Å². The minimum Gasteiger partial charge on any atom is -0.508 e. The van der Waals surface area contributed by atoms with E-state index in [0.717, 1.165) is 0 Å². The Morgan fingerprint density at radius 1 is 1.11 bits per heavy atom. The van der Waals surface area contributed by atoms with Crippen LogP contribution in [0.2, 0.25) is 0 Å². The van der Waals surface area contributed by atoms with E-state index in [1.165, 1.54) is 12.1 Å². The number of fused-ring (bicyclic) bond motifs is 1. The number of hydrogen-bond acceptors (Lipinski definition) is 3. The first-order chi connectivity index (χ1) is 8.74. The third-order valence-corrected chi connectivity index (χ3v) is 2.94. The van der Waals surface area contributed by atoms with Gasteiger partial charge in [0.25, 0.3) is 5.91 Å². The number of allylic oxidation sites excluding steroid dienone is 2. The molecule has 2 unspecified atom stereocenters. The maximum Gasteiger partial charge on any atom is 0.260 e. The van der Waals surface area contributed by atoms with Crippen LogP contribution in [0, 0.1) is 5.92 Å². The maximum absolute atomic E-state index is 11.9. The van der Waals surface area contributed by atoms with Gasteiger partial charge in [-0.2, -0.15) is 4.99 Å². The van der Waals surface area contributed by atoms with Crippen molar-refractivity contribution in [2.24, 2.45) is 10.9 Å². The number of aromatic hydroxyl groups is 1. The van der Waals surface area contributed by atoms with Gasteiger partial charge >= 0.3 is 0 Å². The van der Waals surface area contributed by atoms with E-state index in [0.29, 0.717) is 11.5 Å². The summed E-state index contributed by atoms with van der Waals surface area (Å²) in [7, 11) is 0. The smallest absolute Gasteiger partial charge is 0.260 e. The number of nitrogens with zero attached hydrogens (tertiary/aromatic N) is 1. The zero-order chi connectivity index (χ0) is 12.5. The molecule has 2 atom stereocenters. The molecule has 4 heteroatoms. The third kappa shape index (κ3) is 1.82. The molecule has 1 aliphatic heterocycles. The number of amides is 1. The predicted octanol–water partition coefficient (Wildman–Crippen LogP) is 1.81. The molecule has 90 valence electrons. The second kappa shape index (κ2) is 4.14. The van der Waals surface area contributed by atoms with Crippen LogP contribution < -0.4 is 0 Å². The van der Waals surface area contributed by atoms with E-state index in [-0.39, 0.29) is 23.7 Å². The van der Waals surface area contributed by atoms with Gasteiger partial charge in [0.2, 0.25) is 5.90 Å². The van der Waals surface area contributed by atoms with E-state index in [1.807, 2.05) is 18.2 Å². The Bertz CT molecular complexity index is 569. The Morgan fingerprint density at radius 3 is 2.61 bits per heavy atom. The van der Waals surface area contributed by atoms with Crippen LogP contribution in [0.5, 0.6) is 5.75 Å². The molecule has 1 aliphatic carbocycles.